The van der Waals surface area contributed by atoms with Gasteiger partial charge in [0.1, 0.15) is 11.5 Å². The minimum absolute atomic E-state index is 0.0554. The highest BCUT2D eigenvalue weighted by molar-refractivity contribution is 9.10. The fourth-order valence-corrected chi connectivity index (χ4v) is 6.22. The molecule has 0 spiro atoms. The highest BCUT2D eigenvalue weighted by Crippen LogP contribution is 2.40. The Hall–Kier alpha value is -4.42. The Kier molecular flexibility index (Phi) is 8.19. The first-order chi connectivity index (χ1) is 20.2. The van der Waals surface area contributed by atoms with Crippen molar-refractivity contribution in [2.75, 3.05) is 20.8 Å². The zero-order valence-corrected chi connectivity index (χ0v) is 25.3. The molecule has 0 fully saturated rings. The maximum Gasteiger partial charge on any atom is 0.338 e. The number of thiazole rings is 1. The third-order valence-corrected chi connectivity index (χ3v) is 8.29. The molecule has 1 atom stereocenters. The van der Waals surface area contributed by atoms with Crippen LogP contribution in [0.1, 0.15) is 41.6 Å². The number of fused-ring (bicyclic) bond motifs is 1. The predicted octanol–water partition coefficient (Wildman–Crippen LogP) is 3.20. The van der Waals surface area contributed by atoms with E-state index in [2.05, 4.69) is 20.9 Å². The van der Waals surface area contributed by atoms with Gasteiger partial charge in [0.15, 0.2) is 16.3 Å². The lowest BCUT2D eigenvalue weighted by Gasteiger charge is -2.26. The first-order valence-electron chi connectivity index (χ1n) is 12.7. The second-order valence-electron chi connectivity index (χ2n) is 9.10. The molecule has 2 aromatic heterocycles. The standard InChI is InChI=1S/C30H25BrN2O8S/c1-5-40-29(37)25-15(2)32-30-33(26(25)19-13-22(38-3)23(39-4)14-20(19)31)27(34)24(42-30)12-18-10-11-21(41-18)16-6-8-17(9-7-16)28(35)36/h6-14,26H,5H2,1-4H3,(H,35,36)/p-1/b24-12+. The van der Waals surface area contributed by atoms with E-state index in [-0.39, 0.29) is 23.3 Å². The molecule has 1 aliphatic rings. The maximum absolute atomic E-state index is 13.9. The molecule has 42 heavy (non-hydrogen) atoms. The van der Waals surface area contributed by atoms with Crippen LogP contribution in [0.2, 0.25) is 0 Å². The maximum atomic E-state index is 13.9. The van der Waals surface area contributed by atoms with E-state index in [1.807, 2.05) is 0 Å². The minimum Gasteiger partial charge on any atom is -0.545 e. The molecule has 5 rings (SSSR count). The van der Waals surface area contributed by atoms with Crippen LogP contribution < -0.4 is 29.5 Å². The number of hydrogen-bond acceptors (Lipinski definition) is 10. The van der Waals surface area contributed by atoms with Crippen LogP contribution in [0.5, 0.6) is 11.5 Å². The molecule has 216 valence electrons. The van der Waals surface area contributed by atoms with Crippen LogP contribution in [0, 0.1) is 0 Å². The number of carboxylic acids is 1. The van der Waals surface area contributed by atoms with Crippen molar-refractivity contribution in [2.45, 2.75) is 19.9 Å². The number of aromatic carboxylic acids is 1. The molecule has 12 heteroatoms. The molecule has 1 aliphatic heterocycles. The number of benzene rings is 2. The Morgan fingerprint density at radius 3 is 2.45 bits per heavy atom. The number of aromatic nitrogens is 1. The van der Waals surface area contributed by atoms with Crippen molar-refractivity contribution in [2.24, 2.45) is 4.99 Å². The number of hydrogen-bond donors (Lipinski definition) is 0. The van der Waals surface area contributed by atoms with Crippen molar-refractivity contribution in [1.82, 2.24) is 4.57 Å². The Morgan fingerprint density at radius 2 is 1.81 bits per heavy atom. The summed E-state index contributed by atoms with van der Waals surface area (Å²) >= 11 is 4.74. The summed E-state index contributed by atoms with van der Waals surface area (Å²) in [4.78, 5) is 43.2. The number of allylic oxidation sites excluding steroid dienone is 1. The SMILES string of the molecule is CCOC(=O)C1=C(C)N=c2s/c(=C/c3ccc(-c4ccc(C(=O)[O-])cc4)o3)c(=O)n2C1c1cc(OC)c(OC)cc1Br. The number of esters is 1. The number of carboxylic acid groups (broad SMARTS) is 1. The van der Waals surface area contributed by atoms with Crippen LogP contribution in [0.15, 0.2) is 78.5 Å². The normalized spacial score (nSPS) is 14.8. The molecular formula is C30H24BrN2O8S-. The van der Waals surface area contributed by atoms with Crippen molar-refractivity contribution in [3.05, 3.63) is 101 Å². The van der Waals surface area contributed by atoms with E-state index in [1.54, 1.807) is 56.3 Å². The second-order valence-corrected chi connectivity index (χ2v) is 11.0. The van der Waals surface area contributed by atoms with E-state index >= 15 is 0 Å². The molecule has 0 aliphatic carbocycles. The number of ether oxygens (including phenoxy) is 3. The summed E-state index contributed by atoms with van der Waals surface area (Å²) in [6, 6.07) is 12.1. The molecule has 4 aromatic rings. The Bertz CT molecular complexity index is 1920. The molecule has 0 amide bonds. The zero-order valence-electron chi connectivity index (χ0n) is 22.9. The van der Waals surface area contributed by atoms with Gasteiger partial charge in [-0.15, -0.1) is 0 Å². The molecule has 2 aromatic carbocycles. The van der Waals surface area contributed by atoms with Crippen molar-refractivity contribution in [3.63, 3.8) is 0 Å². The van der Waals surface area contributed by atoms with Crippen LogP contribution in [0.3, 0.4) is 0 Å². The lowest BCUT2D eigenvalue weighted by atomic mass is 9.95. The van der Waals surface area contributed by atoms with Gasteiger partial charge in [0.25, 0.3) is 5.56 Å². The minimum atomic E-state index is -1.27. The van der Waals surface area contributed by atoms with E-state index in [4.69, 9.17) is 18.6 Å². The molecule has 0 saturated carbocycles. The van der Waals surface area contributed by atoms with Gasteiger partial charge in [0, 0.05) is 16.1 Å². The molecular weight excluding hydrogens is 628 g/mol. The van der Waals surface area contributed by atoms with Gasteiger partial charge in [-0.25, -0.2) is 9.79 Å². The summed E-state index contributed by atoms with van der Waals surface area (Å²) in [6.07, 6.45) is 1.60. The number of furan rings is 1. The summed E-state index contributed by atoms with van der Waals surface area (Å²) in [5.41, 5.74) is 1.57. The number of nitrogens with zero attached hydrogens (tertiary/aromatic N) is 2. The van der Waals surface area contributed by atoms with Gasteiger partial charge >= 0.3 is 5.97 Å². The number of carbonyl (C=O) groups excluding carboxylic acids is 2. The van der Waals surface area contributed by atoms with Crippen LogP contribution in [-0.4, -0.2) is 37.3 Å². The van der Waals surface area contributed by atoms with Gasteiger partial charge in [0.2, 0.25) is 0 Å². The van der Waals surface area contributed by atoms with Crippen molar-refractivity contribution < 1.29 is 33.3 Å². The summed E-state index contributed by atoms with van der Waals surface area (Å²) in [7, 11) is 3.02. The van der Waals surface area contributed by atoms with Crippen LogP contribution in [-0.2, 0) is 9.53 Å². The van der Waals surface area contributed by atoms with E-state index in [0.29, 0.717) is 53.6 Å². The number of carbonyl (C=O) groups is 2. The summed E-state index contributed by atoms with van der Waals surface area (Å²) in [5.74, 6) is -0.0545. The Balaban J connectivity index is 1.65. The molecule has 0 saturated heterocycles. The monoisotopic (exact) mass is 651 g/mol. The van der Waals surface area contributed by atoms with Crippen LogP contribution in [0.25, 0.3) is 17.4 Å². The third kappa shape index (κ3) is 5.30. The van der Waals surface area contributed by atoms with Crippen LogP contribution in [0.4, 0.5) is 0 Å². The third-order valence-electron chi connectivity index (χ3n) is 6.62. The first kappa shape index (κ1) is 29.1. The fraction of sp³-hybridized carbons (Fsp3) is 0.200. The fourth-order valence-electron chi connectivity index (χ4n) is 4.65. The lowest BCUT2D eigenvalue weighted by molar-refractivity contribution is -0.255. The van der Waals surface area contributed by atoms with E-state index < -0.39 is 18.0 Å². The quantitative estimate of drug-likeness (QED) is 0.265. The average Bonchev–Trinajstić information content (AvgIpc) is 3.56. The lowest BCUT2D eigenvalue weighted by Crippen LogP contribution is -2.40. The van der Waals surface area contributed by atoms with Crippen molar-refractivity contribution in [3.8, 4) is 22.8 Å². The van der Waals surface area contributed by atoms with Crippen molar-refractivity contribution in [1.29, 1.82) is 0 Å². The van der Waals surface area contributed by atoms with E-state index in [0.717, 1.165) is 11.3 Å². The largest absolute Gasteiger partial charge is 0.545 e. The number of rotatable bonds is 8. The predicted molar refractivity (Wildman–Crippen MR) is 156 cm³/mol. The van der Waals surface area contributed by atoms with Gasteiger partial charge in [-0.05, 0) is 49.2 Å². The highest BCUT2D eigenvalue weighted by atomic mass is 79.9. The average molecular weight is 652 g/mol. The second kappa shape index (κ2) is 11.8. The summed E-state index contributed by atoms with van der Waals surface area (Å²) in [6.45, 7) is 3.56. The Labute approximate surface area is 251 Å². The summed E-state index contributed by atoms with van der Waals surface area (Å²) < 4.78 is 24.6. The first-order valence-corrected chi connectivity index (χ1v) is 14.3. The Morgan fingerprint density at radius 1 is 1.12 bits per heavy atom. The summed E-state index contributed by atoms with van der Waals surface area (Å²) in [5, 5.41) is 11.1. The van der Waals surface area contributed by atoms with Gasteiger partial charge in [-0.3, -0.25) is 9.36 Å². The molecule has 3 heterocycles. The van der Waals surface area contributed by atoms with E-state index in [1.165, 1.54) is 30.9 Å². The molecule has 0 bridgehead atoms. The number of halogens is 1. The zero-order chi connectivity index (χ0) is 30.1. The number of methoxy groups -OCH3 is 2. The van der Waals surface area contributed by atoms with Crippen LogP contribution >= 0.6 is 27.3 Å². The highest BCUT2D eigenvalue weighted by Gasteiger charge is 2.35. The van der Waals surface area contributed by atoms with Gasteiger partial charge in [-0.2, -0.15) is 0 Å². The van der Waals surface area contributed by atoms with Gasteiger partial charge in [0.05, 0.1) is 48.6 Å². The molecule has 10 nitrogen and oxygen atoms in total. The topological polar surface area (TPSA) is 132 Å². The smallest absolute Gasteiger partial charge is 0.338 e. The van der Waals surface area contributed by atoms with E-state index in [9.17, 15) is 19.5 Å². The molecule has 0 N–H and O–H groups in total. The van der Waals surface area contributed by atoms with Gasteiger partial charge < -0.3 is 28.5 Å². The molecule has 0 radical (unpaired) electrons. The van der Waals surface area contributed by atoms with Crippen molar-refractivity contribution >= 4 is 45.3 Å². The van der Waals surface area contributed by atoms with Gasteiger partial charge in [-0.1, -0.05) is 51.5 Å². The molecule has 1 unspecified atom stereocenters.